The first-order valence-electron chi connectivity index (χ1n) is 6.93. The Balaban J connectivity index is 3.82. The van der Waals surface area contributed by atoms with Crippen LogP contribution in [0.1, 0.15) is 53.9 Å². The molecule has 0 aromatic rings. The van der Waals surface area contributed by atoms with E-state index in [1.807, 2.05) is 0 Å². The minimum Gasteiger partial charge on any atom is -0.328 e. The Labute approximate surface area is 103 Å². The van der Waals surface area contributed by atoms with Crippen LogP contribution in [0.15, 0.2) is 0 Å². The molecule has 1 atom stereocenters. The van der Waals surface area contributed by atoms with Gasteiger partial charge in [0.25, 0.3) is 0 Å². The molecule has 0 spiro atoms. The summed E-state index contributed by atoms with van der Waals surface area (Å²) in [6, 6.07) is 0.403. The van der Waals surface area contributed by atoms with Crippen LogP contribution in [-0.4, -0.2) is 30.6 Å². The van der Waals surface area contributed by atoms with Crippen molar-refractivity contribution in [3.8, 4) is 0 Å². The zero-order valence-corrected chi connectivity index (χ0v) is 12.0. The predicted octanol–water partition coefficient (Wildman–Crippen LogP) is 3.12. The number of nitrogens with zero attached hydrogens (tertiary/aromatic N) is 1. The van der Waals surface area contributed by atoms with Gasteiger partial charge in [-0.05, 0) is 37.6 Å². The Morgan fingerprint density at radius 3 is 1.88 bits per heavy atom. The lowest BCUT2D eigenvalue weighted by Gasteiger charge is -2.26. The Bertz CT molecular complexity index is 145. The van der Waals surface area contributed by atoms with Crippen LogP contribution in [0.3, 0.4) is 0 Å². The van der Waals surface area contributed by atoms with E-state index in [0.717, 1.165) is 18.3 Å². The molecule has 0 heterocycles. The van der Waals surface area contributed by atoms with Gasteiger partial charge in [0.1, 0.15) is 0 Å². The van der Waals surface area contributed by atoms with E-state index in [0.29, 0.717) is 6.04 Å². The lowest BCUT2D eigenvalue weighted by molar-refractivity contribution is 0.214. The van der Waals surface area contributed by atoms with E-state index < -0.39 is 0 Å². The SMILES string of the molecule is CCC(N)CCCN(CC(C)C)CC(C)C. The van der Waals surface area contributed by atoms with E-state index in [-0.39, 0.29) is 0 Å². The Morgan fingerprint density at radius 2 is 1.50 bits per heavy atom. The summed E-state index contributed by atoms with van der Waals surface area (Å²) in [5, 5.41) is 0. The van der Waals surface area contributed by atoms with Crippen LogP contribution in [0.25, 0.3) is 0 Å². The first kappa shape index (κ1) is 15.9. The molecule has 0 aromatic heterocycles. The molecule has 0 bridgehead atoms. The molecule has 0 aliphatic heterocycles. The van der Waals surface area contributed by atoms with Crippen molar-refractivity contribution < 1.29 is 0 Å². The van der Waals surface area contributed by atoms with Crippen LogP contribution in [0.2, 0.25) is 0 Å². The van der Waals surface area contributed by atoms with Gasteiger partial charge in [-0.15, -0.1) is 0 Å². The van der Waals surface area contributed by atoms with Crippen LogP contribution in [-0.2, 0) is 0 Å². The van der Waals surface area contributed by atoms with Gasteiger partial charge < -0.3 is 10.6 Å². The molecule has 98 valence electrons. The molecule has 2 nitrogen and oxygen atoms in total. The second-order valence-corrected chi connectivity index (χ2v) is 5.86. The molecule has 0 aliphatic rings. The van der Waals surface area contributed by atoms with Crippen molar-refractivity contribution in [2.24, 2.45) is 17.6 Å². The average Bonchev–Trinajstić information content (AvgIpc) is 2.15. The average molecular weight is 228 g/mol. The van der Waals surface area contributed by atoms with Crippen LogP contribution in [0.4, 0.5) is 0 Å². The topological polar surface area (TPSA) is 29.3 Å². The summed E-state index contributed by atoms with van der Waals surface area (Å²) < 4.78 is 0. The molecule has 1 unspecified atom stereocenters. The fourth-order valence-electron chi connectivity index (χ4n) is 2.07. The van der Waals surface area contributed by atoms with Gasteiger partial charge in [-0.25, -0.2) is 0 Å². The molecule has 0 aromatic carbocycles. The second-order valence-electron chi connectivity index (χ2n) is 5.86. The van der Waals surface area contributed by atoms with Crippen molar-refractivity contribution in [3.63, 3.8) is 0 Å². The van der Waals surface area contributed by atoms with Gasteiger partial charge in [0.2, 0.25) is 0 Å². The first-order valence-corrected chi connectivity index (χ1v) is 6.93. The standard InChI is InChI=1S/C14H32N2/c1-6-14(15)8-7-9-16(10-12(2)3)11-13(4)5/h12-14H,6-11,15H2,1-5H3. The maximum absolute atomic E-state index is 5.94. The minimum absolute atomic E-state index is 0.403. The summed E-state index contributed by atoms with van der Waals surface area (Å²) in [7, 11) is 0. The lowest BCUT2D eigenvalue weighted by atomic mass is 10.1. The molecule has 0 amide bonds. The highest BCUT2D eigenvalue weighted by molar-refractivity contribution is 4.65. The lowest BCUT2D eigenvalue weighted by Crippen LogP contribution is -2.33. The molecule has 2 heteroatoms. The Kier molecular flexibility index (Phi) is 8.96. The van der Waals surface area contributed by atoms with Crippen molar-refractivity contribution >= 4 is 0 Å². The maximum Gasteiger partial charge on any atom is 0.00366 e. The minimum atomic E-state index is 0.403. The normalized spacial score (nSPS) is 14.1. The highest BCUT2D eigenvalue weighted by Crippen LogP contribution is 2.07. The molecule has 0 saturated heterocycles. The molecule has 0 radical (unpaired) electrons. The molecular formula is C14H32N2. The van der Waals surface area contributed by atoms with Crippen LogP contribution >= 0.6 is 0 Å². The highest BCUT2D eigenvalue weighted by Gasteiger charge is 2.09. The van der Waals surface area contributed by atoms with Crippen molar-refractivity contribution in [1.29, 1.82) is 0 Å². The smallest absolute Gasteiger partial charge is 0.00366 e. The molecule has 0 fully saturated rings. The van der Waals surface area contributed by atoms with E-state index in [2.05, 4.69) is 39.5 Å². The van der Waals surface area contributed by atoms with Crippen LogP contribution in [0, 0.1) is 11.8 Å². The quantitative estimate of drug-likeness (QED) is 0.657. The van der Waals surface area contributed by atoms with Gasteiger partial charge in [-0.1, -0.05) is 34.6 Å². The van der Waals surface area contributed by atoms with Gasteiger partial charge in [-0.2, -0.15) is 0 Å². The maximum atomic E-state index is 5.94. The van der Waals surface area contributed by atoms with Crippen LogP contribution < -0.4 is 5.73 Å². The molecule has 0 saturated carbocycles. The number of hydrogen-bond acceptors (Lipinski definition) is 2. The van der Waals surface area contributed by atoms with E-state index in [1.54, 1.807) is 0 Å². The van der Waals surface area contributed by atoms with E-state index in [9.17, 15) is 0 Å². The molecule has 16 heavy (non-hydrogen) atoms. The highest BCUT2D eigenvalue weighted by atomic mass is 15.1. The van der Waals surface area contributed by atoms with Crippen molar-refractivity contribution in [1.82, 2.24) is 4.90 Å². The number of nitrogens with two attached hydrogens (primary N) is 1. The van der Waals surface area contributed by atoms with Gasteiger partial charge in [0.15, 0.2) is 0 Å². The summed E-state index contributed by atoms with van der Waals surface area (Å²) in [6.45, 7) is 15.0. The fourth-order valence-corrected chi connectivity index (χ4v) is 2.07. The summed E-state index contributed by atoms with van der Waals surface area (Å²) in [5.74, 6) is 1.53. The molecule has 0 rings (SSSR count). The zero-order chi connectivity index (χ0) is 12.6. The first-order chi connectivity index (χ1) is 7.45. The van der Waals surface area contributed by atoms with Gasteiger partial charge in [-0.3, -0.25) is 0 Å². The number of hydrogen-bond donors (Lipinski definition) is 1. The second kappa shape index (κ2) is 9.00. The van der Waals surface area contributed by atoms with Gasteiger partial charge in [0, 0.05) is 19.1 Å². The van der Waals surface area contributed by atoms with Gasteiger partial charge in [0.05, 0.1) is 0 Å². The molecule has 0 aliphatic carbocycles. The molecule has 2 N–H and O–H groups in total. The third-order valence-electron chi connectivity index (χ3n) is 2.82. The molecular weight excluding hydrogens is 196 g/mol. The van der Waals surface area contributed by atoms with Crippen molar-refractivity contribution in [3.05, 3.63) is 0 Å². The van der Waals surface area contributed by atoms with E-state index >= 15 is 0 Å². The van der Waals surface area contributed by atoms with Crippen molar-refractivity contribution in [2.75, 3.05) is 19.6 Å². The van der Waals surface area contributed by atoms with Crippen LogP contribution in [0.5, 0.6) is 0 Å². The van der Waals surface area contributed by atoms with E-state index in [1.165, 1.54) is 32.5 Å². The van der Waals surface area contributed by atoms with Crippen molar-refractivity contribution in [2.45, 2.75) is 59.9 Å². The number of rotatable bonds is 9. The van der Waals surface area contributed by atoms with E-state index in [4.69, 9.17) is 5.73 Å². The Morgan fingerprint density at radius 1 is 1.00 bits per heavy atom. The summed E-state index contributed by atoms with van der Waals surface area (Å²) in [4.78, 5) is 2.59. The predicted molar refractivity (Wildman–Crippen MR) is 73.6 cm³/mol. The van der Waals surface area contributed by atoms with Gasteiger partial charge >= 0.3 is 0 Å². The zero-order valence-electron chi connectivity index (χ0n) is 12.0. The summed E-state index contributed by atoms with van der Waals surface area (Å²) in [6.07, 6.45) is 3.52. The summed E-state index contributed by atoms with van der Waals surface area (Å²) in [5.41, 5.74) is 5.94. The largest absolute Gasteiger partial charge is 0.328 e. The summed E-state index contributed by atoms with van der Waals surface area (Å²) >= 11 is 0. The fraction of sp³-hybridized carbons (Fsp3) is 1.00. The third-order valence-corrected chi connectivity index (χ3v) is 2.82. The monoisotopic (exact) mass is 228 g/mol. The third kappa shape index (κ3) is 9.17. The Hall–Kier alpha value is -0.0800.